The summed E-state index contributed by atoms with van der Waals surface area (Å²) < 4.78 is 17.9. The minimum absolute atomic E-state index is 0.0288. The molecule has 6 rings (SSSR count). The maximum absolute atomic E-state index is 13.3. The first kappa shape index (κ1) is 17.0. The van der Waals surface area contributed by atoms with E-state index in [1.54, 1.807) is 7.11 Å². The molecule has 5 aliphatic rings. The molecule has 0 N–H and O–H groups in total. The molecule has 0 radical (unpaired) electrons. The van der Waals surface area contributed by atoms with E-state index in [1.165, 1.54) is 18.2 Å². The van der Waals surface area contributed by atoms with Crippen LogP contribution in [0.3, 0.4) is 0 Å². The Morgan fingerprint density at radius 2 is 2.18 bits per heavy atom. The van der Waals surface area contributed by atoms with Crippen molar-refractivity contribution in [3.05, 3.63) is 41.5 Å². The number of para-hydroxylation sites is 1. The Balaban J connectivity index is 1.67. The molecule has 1 aliphatic carbocycles. The molecular formula is C22H26N2O4. The van der Waals surface area contributed by atoms with Crippen molar-refractivity contribution in [1.29, 1.82) is 0 Å². The lowest BCUT2D eigenvalue weighted by atomic mass is 9.49. The molecule has 3 saturated heterocycles. The van der Waals surface area contributed by atoms with E-state index in [-0.39, 0.29) is 30.1 Å². The first-order chi connectivity index (χ1) is 13.6. The fourth-order valence-corrected chi connectivity index (χ4v) is 7.34. The molecule has 4 fully saturated rings. The molecule has 28 heavy (non-hydrogen) atoms. The highest BCUT2D eigenvalue weighted by Crippen LogP contribution is 2.74. The zero-order valence-electron chi connectivity index (χ0n) is 16.6. The molecule has 148 valence electrons. The molecule has 0 amide bonds. The molecule has 4 aliphatic heterocycles. The Labute approximate surface area is 165 Å². The van der Waals surface area contributed by atoms with Crippen LogP contribution in [0.2, 0.25) is 0 Å². The van der Waals surface area contributed by atoms with Gasteiger partial charge in [0.25, 0.3) is 0 Å². The van der Waals surface area contributed by atoms with E-state index in [0.29, 0.717) is 6.73 Å². The van der Waals surface area contributed by atoms with Crippen LogP contribution >= 0.6 is 0 Å². The molecule has 4 heterocycles. The Kier molecular flexibility index (Phi) is 3.27. The Bertz CT molecular complexity index is 900. The van der Waals surface area contributed by atoms with Gasteiger partial charge in [-0.3, -0.25) is 9.69 Å². The van der Waals surface area contributed by atoms with Crippen LogP contribution in [0, 0.1) is 11.8 Å². The second-order valence-electron chi connectivity index (χ2n) is 8.70. The van der Waals surface area contributed by atoms with Gasteiger partial charge in [0.1, 0.15) is 13.0 Å². The van der Waals surface area contributed by atoms with Gasteiger partial charge >= 0.3 is 5.97 Å². The second-order valence-corrected chi connectivity index (χ2v) is 8.70. The largest absolute Gasteiger partial charge is 0.469 e. The van der Waals surface area contributed by atoms with E-state index in [2.05, 4.69) is 47.1 Å². The number of hydrogen-bond donors (Lipinski definition) is 0. The minimum atomic E-state index is -0.564. The van der Waals surface area contributed by atoms with E-state index in [9.17, 15) is 4.79 Å². The van der Waals surface area contributed by atoms with Gasteiger partial charge in [-0.2, -0.15) is 0 Å². The van der Waals surface area contributed by atoms with Gasteiger partial charge < -0.3 is 19.1 Å². The normalized spacial score (nSPS) is 43.5. The average molecular weight is 382 g/mol. The summed E-state index contributed by atoms with van der Waals surface area (Å²) in [6.45, 7) is 3.41. The van der Waals surface area contributed by atoms with Crippen LogP contribution in [0.1, 0.15) is 25.3 Å². The standard InChI is InChI=1S/C22H26N2O4/c1-4-13-11-23-17-9-14(13)19(20(25)27-3)21-10-18(23)28-22(17,21)24(12-26-2)16-8-6-5-7-15(16)21/h4-8,14,17-19H,9-12H2,1-3H3/b13-4-/t14-,17+,18+,19-,21+,22+/m1/s1. The van der Waals surface area contributed by atoms with Crippen LogP contribution in [-0.4, -0.2) is 56.4 Å². The van der Waals surface area contributed by atoms with Crippen LogP contribution in [0.25, 0.3) is 0 Å². The fraction of sp³-hybridized carbons (Fsp3) is 0.591. The zero-order chi connectivity index (χ0) is 19.3. The predicted molar refractivity (Wildman–Crippen MR) is 103 cm³/mol. The van der Waals surface area contributed by atoms with Crippen LogP contribution in [0.4, 0.5) is 5.69 Å². The summed E-state index contributed by atoms with van der Waals surface area (Å²) in [5.41, 5.74) is 2.73. The van der Waals surface area contributed by atoms with Gasteiger partial charge in [-0.05, 0) is 30.9 Å². The number of benzene rings is 1. The number of methoxy groups -OCH3 is 2. The second kappa shape index (κ2) is 5.38. The number of carbonyl (C=O) groups excluding carboxylic acids is 1. The molecule has 4 bridgehead atoms. The smallest absolute Gasteiger partial charge is 0.310 e. The number of hydrogen-bond acceptors (Lipinski definition) is 6. The van der Waals surface area contributed by atoms with Gasteiger partial charge in [0, 0.05) is 25.8 Å². The number of ether oxygens (including phenoxy) is 3. The number of nitrogens with zero attached hydrogens (tertiary/aromatic N) is 2. The quantitative estimate of drug-likeness (QED) is 0.590. The highest BCUT2D eigenvalue weighted by Gasteiger charge is 2.84. The highest BCUT2D eigenvalue weighted by atomic mass is 16.6. The number of allylic oxidation sites excluding steroid dienone is 1. The van der Waals surface area contributed by atoms with E-state index in [4.69, 9.17) is 14.2 Å². The third-order valence-corrected chi connectivity index (χ3v) is 8.09. The van der Waals surface area contributed by atoms with E-state index < -0.39 is 11.1 Å². The number of carbonyl (C=O) groups is 1. The summed E-state index contributed by atoms with van der Waals surface area (Å²) in [6, 6.07) is 8.73. The lowest BCUT2D eigenvalue weighted by Gasteiger charge is -2.61. The fourth-order valence-electron chi connectivity index (χ4n) is 7.34. The van der Waals surface area contributed by atoms with Gasteiger partial charge in [-0.15, -0.1) is 0 Å². The molecule has 1 aromatic carbocycles. The minimum Gasteiger partial charge on any atom is -0.469 e. The molecule has 0 aromatic heterocycles. The van der Waals surface area contributed by atoms with E-state index in [1.807, 2.05) is 0 Å². The van der Waals surface area contributed by atoms with E-state index in [0.717, 1.165) is 25.1 Å². The average Bonchev–Trinajstić information content (AvgIpc) is 3.32. The van der Waals surface area contributed by atoms with Crippen molar-refractivity contribution in [2.75, 3.05) is 32.4 Å². The van der Waals surface area contributed by atoms with Crippen molar-refractivity contribution < 1.29 is 19.0 Å². The Hall–Kier alpha value is -1.89. The van der Waals surface area contributed by atoms with Gasteiger partial charge in [0.05, 0.1) is 24.5 Å². The summed E-state index contributed by atoms with van der Waals surface area (Å²) >= 11 is 0. The van der Waals surface area contributed by atoms with Crippen LogP contribution in [-0.2, 0) is 24.4 Å². The molecule has 6 heteroatoms. The predicted octanol–water partition coefficient (Wildman–Crippen LogP) is 2.24. The summed E-state index contributed by atoms with van der Waals surface area (Å²) in [5, 5.41) is 0. The van der Waals surface area contributed by atoms with Crippen LogP contribution in [0.15, 0.2) is 35.9 Å². The van der Waals surface area contributed by atoms with Crippen molar-refractivity contribution in [2.45, 2.75) is 43.2 Å². The first-order valence-electron chi connectivity index (χ1n) is 10.2. The van der Waals surface area contributed by atoms with E-state index >= 15 is 0 Å². The number of esters is 1. The van der Waals surface area contributed by atoms with Crippen molar-refractivity contribution >= 4 is 11.7 Å². The number of piperidine rings is 2. The Morgan fingerprint density at radius 3 is 2.93 bits per heavy atom. The lowest BCUT2D eigenvalue weighted by molar-refractivity contribution is -0.164. The van der Waals surface area contributed by atoms with Crippen molar-refractivity contribution in [3.8, 4) is 0 Å². The van der Waals surface area contributed by atoms with Crippen LogP contribution < -0.4 is 4.90 Å². The maximum Gasteiger partial charge on any atom is 0.310 e. The van der Waals surface area contributed by atoms with Crippen molar-refractivity contribution in [2.24, 2.45) is 11.8 Å². The zero-order valence-corrected chi connectivity index (χ0v) is 16.6. The number of rotatable bonds is 3. The van der Waals surface area contributed by atoms with Gasteiger partial charge in [0.15, 0.2) is 5.72 Å². The van der Waals surface area contributed by atoms with Crippen molar-refractivity contribution in [3.63, 3.8) is 0 Å². The molecule has 1 saturated carbocycles. The number of anilines is 1. The molecule has 1 aromatic rings. The topological polar surface area (TPSA) is 51.2 Å². The molecule has 0 unspecified atom stereocenters. The summed E-state index contributed by atoms with van der Waals surface area (Å²) in [4.78, 5) is 18.1. The van der Waals surface area contributed by atoms with Gasteiger partial charge in [-0.25, -0.2) is 0 Å². The number of fused-ring (bicyclic) bond motifs is 4. The monoisotopic (exact) mass is 382 g/mol. The highest BCUT2D eigenvalue weighted by molar-refractivity contribution is 5.82. The summed E-state index contributed by atoms with van der Waals surface area (Å²) in [6.07, 6.45) is 3.98. The van der Waals surface area contributed by atoms with Crippen LogP contribution in [0.5, 0.6) is 0 Å². The Morgan fingerprint density at radius 1 is 1.36 bits per heavy atom. The first-order valence-corrected chi connectivity index (χ1v) is 10.2. The SMILES string of the molecule is C/C=C1/CN2[C@@H]3C[C@@]45c6ccccc6N(COC)[C@]4(O3)[C@@H]2C[C@H]1[C@@H]5C(=O)OC. The maximum atomic E-state index is 13.3. The molecule has 6 atom stereocenters. The molecular weight excluding hydrogens is 356 g/mol. The third-order valence-electron chi connectivity index (χ3n) is 8.09. The molecule has 6 nitrogen and oxygen atoms in total. The van der Waals surface area contributed by atoms with Gasteiger partial charge in [-0.1, -0.05) is 29.8 Å². The molecule has 1 spiro atoms. The lowest BCUT2D eigenvalue weighted by Crippen LogP contribution is -2.75. The summed E-state index contributed by atoms with van der Waals surface area (Å²) in [5.74, 6) is -0.152. The van der Waals surface area contributed by atoms with Gasteiger partial charge in [0.2, 0.25) is 0 Å². The third kappa shape index (κ3) is 1.55. The van der Waals surface area contributed by atoms with Crippen molar-refractivity contribution in [1.82, 2.24) is 4.90 Å². The summed E-state index contributed by atoms with van der Waals surface area (Å²) in [7, 11) is 3.24.